The summed E-state index contributed by atoms with van der Waals surface area (Å²) in [4.78, 5) is 0.233. The van der Waals surface area contributed by atoms with Crippen molar-refractivity contribution in [3.63, 3.8) is 0 Å². The van der Waals surface area contributed by atoms with Crippen molar-refractivity contribution < 1.29 is 12.8 Å². The molecule has 3 nitrogen and oxygen atoms in total. The Balaban J connectivity index is 2.35. The molecule has 1 heterocycles. The summed E-state index contributed by atoms with van der Waals surface area (Å²) < 4.78 is 37.1. The number of rotatable bonds is 3. The number of nitrogens with one attached hydrogen (secondary N) is 1. The summed E-state index contributed by atoms with van der Waals surface area (Å²) in [6.45, 7) is 2.58. The lowest BCUT2D eigenvalue weighted by atomic mass is 10.0. The summed E-state index contributed by atoms with van der Waals surface area (Å²) >= 11 is 0. The molecule has 0 bridgehead atoms. The lowest BCUT2D eigenvalue weighted by Crippen LogP contribution is -2.24. The molecular weight excluding hydrogens is 253 g/mol. The van der Waals surface area contributed by atoms with E-state index in [1.807, 2.05) is 0 Å². The highest BCUT2D eigenvalue weighted by molar-refractivity contribution is 7.90. The second-order valence-corrected chi connectivity index (χ2v) is 6.96. The fourth-order valence-electron chi connectivity index (χ4n) is 2.45. The normalized spacial score (nSPS) is 20.3. The molecule has 0 spiro atoms. The Morgan fingerprint density at radius 2 is 2.17 bits per heavy atom. The van der Waals surface area contributed by atoms with E-state index in [-0.39, 0.29) is 16.8 Å². The number of aryl methyl sites for hydroxylation is 1. The van der Waals surface area contributed by atoms with Crippen LogP contribution in [0.4, 0.5) is 4.39 Å². The first-order chi connectivity index (χ1) is 8.38. The SMILES string of the molecule is Cc1cc(F)c(CC2CCCN2)cc1S(C)(=O)=O. The van der Waals surface area contributed by atoms with Gasteiger partial charge in [0, 0.05) is 12.3 Å². The maximum atomic E-state index is 13.8. The van der Waals surface area contributed by atoms with E-state index in [2.05, 4.69) is 5.32 Å². The third-order valence-electron chi connectivity index (χ3n) is 3.37. The second-order valence-electron chi connectivity index (χ2n) is 4.98. The van der Waals surface area contributed by atoms with E-state index in [0.717, 1.165) is 25.6 Å². The molecule has 1 unspecified atom stereocenters. The molecule has 5 heteroatoms. The predicted molar refractivity (Wildman–Crippen MR) is 69.0 cm³/mol. The first kappa shape index (κ1) is 13.5. The fraction of sp³-hybridized carbons (Fsp3) is 0.538. The smallest absolute Gasteiger partial charge is 0.175 e. The minimum Gasteiger partial charge on any atom is -0.314 e. The molecule has 0 aromatic heterocycles. The Morgan fingerprint density at radius 3 is 2.72 bits per heavy atom. The number of hydrogen-bond donors (Lipinski definition) is 1. The highest BCUT2D eigenvalue weighted by Crippen LogP contribution is 2.22. The molecule has 1 fully saturated rings. The number of halogens is 1. The van der Waals surface area contributed by atoms with Crippen LogP contribution in [0.15, 0.2) is 17.0 Å². The molecule has 0 aliphatic carbocycles. The molecule has 1 saturated heterocycles. The largest absolute Gasteiger partial charge is 0.314 e. The van der Waals surface area contributed by atoms with E-state index in [4.69, 9.17) is 0 Å². The minimum atomic E-state index is -3.29. The van der Waals surface area contributed by atoms with Crippen LogP contribution in [0.25, 0.3) is 0 Å². The Kier molecular flexibility index (Phi) is 3.73. The minimum absolute atomic E-state index is 0.233. The molecule has 1 aromatic rings. The molecule has 1 aliphatic heterocycles. The summed E-state index contributed by atoms with van der Waals surface area (Å²) in [6, 6.07) is 3.07. The summed E-state index contributed by atoms with van der Waals surface area (Å²) in [5.74, 6) is -0.311. The predicted octanol–water partition coefficient (Wildman–Crippen LogP) is 1.83. The van der Waals surface area contributed by atoms with Gasteiger partial charge in [0.15, 0.2) is 9.84 Å². The Bertz CT molecular complexity index is 548. The molecule has 1 N–H and O–H groups in total. The average molecular weight is 271 g/mol. The van der Waals surface area contributed by atoms with Crippen molar-refractivity contribution in [2.75, 3.05) is 12.8 Å². The standard InChI is InChI=1S/C13H18FNO2S/c1-9-6-12(14)10(7-11-4-3-5-15-11)8-13(9)18(2,16)17/h6,8,11,15H,3-5,7H2,1-2H3. The van der Waals surface area contributed by atoms with E-state index in [1.54, 1.807) is 6.92 Å². The van der Waals surface area contributed by atoms with E-state index < -0.39 is 9.84 Å². The molecule has 0 radical (unpaired) electrons. The van der Waals surface area contributed by atoms with Gasteiger partial charge in [0.25, 0.3) is 0 Å². The molecule has 0 amide bonds. The maximum absolute atomic E-state index is 13.8. The summed E-state index contributed by atoms with van der Waals surface area (Å²) in [5, 5.41) is 3.29. The third kappa shape index (κ3) is 2.90. The maximum Gasteiger partial charge on any atom is 0.175 e. The van der Waals surface area contributed by atoms with Gasteiger partial charge in [-0.2, -0.15) is 0 Å². The molecule has 1 aliphatic rings. The molecule has 100 valence electrons. The van der Waals surface area contributed by atoms with Gasteiger partial charge in [-0.3, -0.25) is 0 Å². The van der Waals surface area contributed by atoms with Gasteiger partial charge in [0.05, 0.1) is 4.90 Å². The van der Waals surface area contributed by atoms with Crippen molar-refractivity contribution in [3.8, 4) is 0 Å². The van der Waals surface area contributed by atoms with Crippen molar-refractivity contribution in [1.82, 2.24) is 5.32 Å². The van der Waals surface area contributed by atoms with Gasteiger partial charge >= 0.3 is 0 Å². The summed E-state index contributed by atoms with van der Waals surface area (Å²) in [7, 11) is -3.29. The Labute approximate surface area is 107 Å². The highest BCUT2D eigenvalue weighted by atomic mass is 32.2. The second kappa shape index (κ2) is 4.97. The van der Waals surface area contributed by atoms with E-state index in [9.17, 15) is 12.8 Å². The topological polar surface area (TPSA) is 46.2 Å². The van der Waals surface area contributed by atoms with Gasteiger partial charge in [0.2, 0.25) is 0 Å². The van der Waals surface area contributed by atoms with Crippen molar-refractivity contribution in [3.05, 3.63) is 29.1 Å². The Morgan fingerprint density at radius 1 is 1.44 bits per heavy atom. The number of benzene rings is 1. The lowest BCUT2D eigenvalue weighted by Gasteiger charge is -2.13. The lowest BCUT2D eigenvalue weighted by molar-refractivity contribution is 0.557. The van der Waals surface area contributed by atoms with Crippen LogP contribution in [0, 0.1) is 12.7 Å². The van der Waals surface area contributed by atoms with Crippen molar-refractivity contribution in [1.29, 1.82) is 0 Å². The van der Waals surface area contributed by atoms with Gasteiger partial charge in [-0.05, 0) is 56.0 Å². The van der Waals surface area contributed by atoms with Crippen LogP contribution in [0.5, 0.6) is 0 Å². The Hall–Kier alpha value is -0.940. The fourth-order valence-corrected chi connectivity index (χ4v) is 3.45. The van der Waals surface area contributed by atoms with Crippen LogP contribution in [-0.4, -0.2) is 27.3 Å². The van der Waals surface area contributed by atoms with Gasteiger partial charge in [-0.25, -0.2) is 12.8 Å². The van der Waals surface area contributed by atoms with Crippen LogP contribution in [0.1, 0.15) is 24.0 Å². The summed E-state index contributed by atoms with van der Waals surface area (Å²) in [6.07, 6.45) is 3.82. The number of sulfone groups is 1. The van der Waals surface area contributed by atoms with Gasteiger partial charge in [0.1, 0.15) is 5.82 Å². The molecular formula is C13H18FNO2S. The average Bonchev–Trinajstić information content (AvgIpc) is 2.72. The third-order valence-corrected chi connectivity index (χ3v) is 4.61. The van der Waals surface area contributed by atoms with E-state index >= 15 is 0 Å². The molecule has 0 saturated carbocycles. The van der Waals surface area contributed by atoms with Crippen LogP contribution >= 0.6 is 0 Å². The van der Waals surface area contributed by atoms with E-state index in [0.29, 0.717) is 17.5 Å². The van der Waals surface area contributed by atoms with Gasteiger partial charge in [-0.1, -0.05) is 0 Å². The first-order valence-corrected chi connectivity index (χ1v) is 7.99. The molecule has 18 heavy (non-hydrogen) atoms. The van der Waals surface area contributed by atoms with Crippen LogP contribution in [0.3, 0.4) is 0 Å². The quantitative estimate of drug-likeness (QED) is 0.853. The van der Waals surface area contributed by atoms with Crippen molar-refractivity contribution in [2.45, 2.75) is 37.1 Å². The van der Waals surface area contributed by atoms with Crippen LogP contribution < -0.4 is 5.32 Å². The number of hydrogen-bond acceptors (Lipinski definition) is 3. The van der Waals surface area contributed by atoms with Crippen LogP contribution in [-0.2, 0) is 16.3 Å². The molecule has 1 aromatic carbocycles. The van der Waals surface area contributed by atoms with Gasteiger partial charge in [-0.15, -0.1) is 0 Å². The van der Waals surface area contributed by atoms with E-state index in [1.165, 1.54) is 12.1 Å². The van der Waals surface area contributed by atoms with Gasteiger partial charge < -0.3 is 5.32 Å². The zero-order valence-electron chi connectivity index (χ0n) is 10.7. The first-order valence-electron chi connectivity index (χ1n) is 6.10. The molecule has 1 atom stereocenters. The van der Waals surface area contributed by atoms with Crippen molar-refractivity contribution in [2.24, 2.45) is 0 Å². The molecule has 2 rings (SSSR count). The van der Waals surface area contributed by atoms with Crippen molar-refractivity contribution >= 4 is 9.84 Å². The summed E-state index contributed by atoms with van der Waals surface area (Å²) in [5.41, 5.74) is 0.957. The highest BCUT2D eigenvalue weighted by Gasteiger charge is 2.19. The monoisotopic (exact) mass is 271 g/mol. The van der Waals surface area contributed by atoms with Crippen LogP contribution in [0.2, 0.25) is 0 Å². The zero-order chi connectivity index (χ0) is 13.3. The zero-order valence-corrected chi connectivity index (χ0v) is 11.5.